The second kappa shape index (κ2) is 10.6. The van der Waals surface area contributed by atoms with Crippen LogP contribution in [0, 0.1) is 22.9 Å². The molecule has 0 radical (unpaired) electrons. The molecule has 2 aliphatic rings. The van der Waals surface area contributed by atoms with Gasteiger partial charge in [-0.25, -0.2) is 18.2 Å². The number of pyridine rings is 1. The Hall–Kier alpha value is -2.65. The van der Waals surface area contributed by atoms with Gasteiger partial charge in [0.1, 0.15) is 11.4 Å². The number of carbonyl (C=O) groups is 1. The lowest BCUT2D eigenvalue weighted by Gasteiger charge is -2.47. The van der Waals surface area contributed by atoms with E-state index in [1.807, 2.05) is 6.20 Å². The Labute approximate surface area is 216 Å². The van der Waals surface area contributed by atoms with Crippen molar-refractivity contribution >= 4 is 5.91 Å². The van der Waals surface area contributed by atoms with Crippen LogP contribution in [0.2, 0.25) is 0 Å². The van der Waals surface area contributed by atoms with Gasteiger partial charge in [0.05, 0.1) is 12.1 Å². The van der Waals surface area contributed by atoms with Crippen LogP contribution >= 0.6 is 0 Å². The quantitative estimate of drug-likeness (QED) is 0.447. The van der Waals surface area contributed by atoms with Gasteiger partial charge in [-0.2, -0.15) is 0 Å². The first-order valence-electron chi connectivity index (χ1n) is 12.8. The predicted octanol–water partition coefficient (Wildman–Crippen LogP) is 4.53. The Kier molecular flexibility index (Phi) is 7.85. The fraction of sp³-hybridized carbons (Fsp3) is 0.571. The Balaban J connectivity index is 1.52. The standard InChI is InChI=1S/C28H36F3N3O3/c1-16(35)34-23(10-18-9-21(30)22(31)11-20(18)29)25(36)15-32-24-13-28(6-5-7-28)37-26-19(24)8-17(14-33-26)12-27(2,3)4/h8-9,11,14,23-25,32,36H,5-7,10,12-13,15H2,1-4H3,(H,34,35)/t23-,24-,25-/m0/s1. The van der Waals surface area contributed by atoms with Gasteiger partial charge in [0, 0.05) is 43.8 Å². The number of nitrogens with zero attached hydrogens (tertiary/aromatic N) is 1. The third-order valence-electron chi connectivity index (χ3n) is 7.16. The number of ether oxygens (including phenoxy) is 1. The van der Waals surface area contributed by atoms with E-state index in [0.717, 1.165) is 49.3 Å². The number of aliphatic hydroxyl groups excluding tert-OH is 1. The smallest absolute Gasteiger partial charge is 0.218 e. The summed E-state index contributed by atoms with van der Waals surface area (Å²) in [7, 11) is 0. The van der Waals surface area contributed by atoms with Gasteiger partial charge in [0.25, 0.3) is 0 Å². The van der Waals surface area contributed by atoms with E-state index in [2.05, 4.69) is 42.5 Å². The van der Waals surface area contributed by atoms with Crippen molar-refractivity contribution in [1.29, 1.82) is 0 Å². The molecule has 2 aromatic rings. The van der Waals surface area contributed by atoms with Crippen LogP contribution in [0.15, 0.2) is 24.4 Å². The molecule has 1 aromatic heterocycles. The largest absolute Gasteiger partial charge is 0.471 e. The summed E-state index contributed by atoms with van der Waals surface area (Å²) in [4.78, 5) is 16.4. The molecule has 1 spiro atoms. The van der Waals surface area contributed by atoms with Crippen molar-refractivity contribution in [3.63, 3.8) is 0 Å². The van der Waals surface area contributed by atoms with E-state index < -0.39 is 35.5 Å². The number of nitrogens with one attached hydrogen (secondary N) is 2. The van der Waals surface area contributed by atoms with Gasteiger partial charge in [0.15, 0.2) is 11.6 Å². The SMILES string of the molecule is CC(=O)N[C@@H](Cc1cc(F)c(F)cc1F)[C@@H](O)CN[C@H]1CC2(CCC2)Oc2ncc(CC(C)(C)C)cc21. The number of aromatic nitrogens is 1. The summed E-state index contributed by atoms with van der Waals surface area (Å²) in [6.07, 6.45) is 5.05. The van der Waals surface area contributed by atoms with Crippen molar-refractivity contribution in [2.75, 3.05) is 6.54 Å². The lowest BCUT2D eigenvalue weighted by molar-refractivity contribution is -0.120. The lowest BCUT2D eigenvalue weighted by atomic mass is 9.73. The molecule has 3 atom stereocenters. The van der Waals surface area contributed by atoms with Crippen LogP contribution in [0.1, 0.15) is 76.1 Å². The predicted molar refractivity (Wildman–Crippen MR) is 134 cm³/mol. The maximum Gasteiger partial charge on any atom is 0.218 e. The molecule has 1 aliphatic heterocycles. The maximum atomic E-state index is 14.3. The highest BCUT2D eigenvalue weighted by molar-refractivity contribution is 5.73. The van der Waals surface area contributed by atoms with Crippen molar-refractivity contribution in [2.24, 2.45) is 5.41 Å². The third kappa shape index (κ3) is 6.62. The van der Waals surface area contributed by atoms with E-state index >= 15 is 0 Å². The highest BCUT2D eigenvalue weighted by Crippen LogP contribution is 2.48. The van der Waals surface area contributed by atoms with E-state index in [9.17, 15) is 23.1 Å². The summed E-state index contributed by atoms with van der Waals surface area (Å²) in [6, 6.07) is 2.29. The van der Waals surface area contributed by atoms with Gasteiger partial charge < -0.3 is 20.5 Å². The Morgan fingerprint density at radius 2 is 1.89 bits per heavy atom. The molecule has 1 saturated carbocycles. The molecule has 9 heteroatoms. The molecular weight excluding hydrogens is 483 g/mol. The van der Waals surface area contributed by atoms with Crippen molar-refractivity contribution in [3.8, 4) is 5.88 Å². The highest BCUT2D eigenvalue weighted by Gasteiger charge is 2.46. The summed E-state index contributed by atoms with van der Waals surface area (Å²) in [5, 5.41) is 17.0. The van der Waals surface area contributed by atoms with Crippen LogP contribution in [-0.2, 0) is 17.6 Å². The highest BCUT2D eigenvalue weighted by atomic mass is 19.2. The van der Waals surface area contributed by atoms with E-state index in [0.29, 0.717) is 11.9 Å². The first kappa shape index (κ1) is 27.4. The minimum absolute atomic E-state index is 0.0833. The molecule has 6 nitrogen and oxygen atoms in total. The van der Waals surface area contributed by atoms with Gasteiger partial charge in [-0.1, -0.05) is 20.8 Å². The van der Waals surface area contributed by atoms with Gasteiger partial charge in [-0.05, 0) is 60.8 Å². The van der Waals surface area contributed by atoms with Crippen molar-refractivity contribution in [3.05, 3.63) is 58.5 Å². The number of aliphatic hydroxyl groups is 1. The monoisotopic (exact) mass is 519 g/mol. The Morgan fingerprint density at radius 1 is 1.19 bits per heavy atom. The topological polar surface area (TPSA) is 83.5 Å². The number of benzene rings is 1. The van der Waals surface area contributed by atoms with Gasteiger partial charge >= 0.3 is 0 Å². The van der Waals surface area contributed by atoms with Gasteiger partial charge in [-0.15, -0.1) is 0 Å². The minimum Gasteiger partial charge on any atom is -0.471 e. The maximum absolute atomic E-state index is 14.3. The summed E-state index contributed by atoms with van der Waals surface area (Å²) < 4.78 is 47.7. The molecule has 1 aromatic carbocycles. The first-order chi connectivity index (χ1) is 17.3. The number of hydrogen-bond acceptors (Lipinski definition) is 5. The van der Waals surface area contributed by atoms with Crippen molar-refractivity contribution < 1.29 is 27.8 Å². The number of hydrogen-bond donors (Lipinski definition) is 3. The molecular formula is C28H36F3N3O3. The molecule has 3 N–H and O–H groups in total. The molecule has 1 amide bonds. The molecule has 0 bridgehead atoms. The van der Waals surface area contributed by atoms with Crippen LogP contribution in [-0.4, -0.2) is 40.3 Å². The Bertz CT molecular complexity index is 1150. The average Bonchev–Trinajstić information content (AvgIpc) is 2.77. The third-order valence-corrected chi connectivity index (χ3v) is 7.16. The van der Waals surface area contributed by atoms with Crippen LogP contribution in [0.4, 0.5) is 13.2 Å². The fourth-order valence-electron chi connectivity index (χ4n) is 5.25. The van der Waals surface area contributed by atoms with Gasteiger partial charge in [0.2, 0.25) is 11.8 Å². The number of amides is 1. The number of halogens is 3. The van der Waals surface area contributed by atoms with Crippen molar-refractivity contribution in [2.45, 2.75) is 90.0 Å². The second-order valence-electron chi connectivity index (χ2n) is 11.7. The summed E-state index contributed by atoms with van der Waals surface area (Å²) in [5.41, 5.74) is 1.70. The summed E-state index contributed by atoms with van der Waals surface area (Å²) >= 11 is 0. The van der Waals surface area contributed by atoms with Crippen LogP contribution < -0.4 is 15.4 Å². The van der Waals surface area contributed by atoms with Gasteiger partial charge in [-0.3, -0.25) is 4.79 Å². The fourth-order valence-corrected chi connectivity index (χ4v) is 5.25. The zero-order chi connectivity index (χ0) is 27.0. The Morgan fingerprint density at radius 3 is 2.51 bits per heavy atom. The first-order valence-corrected chi connectivity index (χ1v) is 12.8. The summed E-state index contributed by atoms with van der Waals surface area (Å²) in [5.74, 6) is -3.24. The van der Waals surface area contributed by atoms with E-state index in [4.69, 9.17) is 4.74 Å². The van der Waals surface area contributed by atoms with E-state index in [1.54, 1.807) is 0 Å². The molecule has 37 heavy (non-hydrogen) atoms. The average molecular weight is 520 g/mol. The van der Waals surface area contributed by atoms with Crippen LogP contribution in [0.5, 0.6) is 5.88 Å². The normalized spacial score (nSPS) is 19.9. The minimum atomic E-state index is -1.29. The van der Waals surface area contributed by atoms with Crippen LogP contribution in [0.25, 0.3) is 0 Å². The van der Waals surface area contributed by atoms with Crippen LogP contribution in [0.3, 0.4) is 0 Å². The molecule has 1 aliphatic carbocycles. The molecule has 2 heterocycles. The molecule has 0 saturated heterocycles. The second-order valence-corrected chi connectivity index (χ2v) is 11.7. The molecule has 0 unspecified atom stereocenters. The zero-order valence-corrected chi connectivity index (χ0v) is 21.8. The van der Waals surface area contributed by atoms with E-state index in [-0.39, 0.29) is 35.6 Å². The molecule has 202 valence electrons. The lowest BCUT2D eigenvalue weighted by Crippen LogP contribution is -2.52. The summed E-state index contributed by atoms with van der Waals surface area (Å²) in [6.45, 7) is 7.86. The number of carbonyl (C=O) groups excluding carboxylic acids is 1. The molecule has 4 rings (SSSR count). The van der Waals surface area contributed by atoms with E-state index in [1.165, 1.54) is 6.92 Å². The number of rotatable bonds is 8. The number of fused-ring (bicyclic) bond motifs is 1. The zero-order valence-electron chi connectivity index (χ0n) is 21.8. The molecule has 1 fully saturated rings. The van der Waals surface area contributed by atoms with Crippen molar-refractivity contribution in [1.82, 2.24) is 15.6 Å².